The fraction of sp³-hybridized carbons (Fsp3) is 0.500. The second-order valence-electron chi connectivity index (χ2n) is 3.71. The van der Waals surface area contributed by atoms with Crippen LogP contribution in [0.1, 0.15) is 19.0 Å². The van der Waals surface area contributed by atoms with Gasteiger partial charge >= 0.3 is 5.97 Å². The summed E-state index contributed by atoms with van der Waals surface area (Å²) in [6.07, 6.45) is 1.31. The summed E-state index contributed by atoms with van der Waals surface area (Å²) < 4.78 is 13.4. The summed E-state index contributed by atoms with van der Waals surface area (Å²) in [5, 5.41) is 11.3. The van der Waals surface area contributed by atoms with Crippen molar-refractivity contribution in [2.24, 2.45) is 5.92 Å². The molecular formula is C10H14FN3O2. The number of carbonyl (C=O) groups is 1. The van der Waals surface area contributed by atoms with Crippen molar-refractivity contribution >= 4 is 11.8 Å². The van der Waals surface area contributed by atoms with Crippen LogP contribution in [0.5, 0.6) is 0 Å². The Hall–Kier alpha value is -1.72. The van der Waals surface area contributed by atoms with Crippen molar-refractivity contribution in [2.45, 2.75) is 20.3 Å². The molecule has 5 nitrogen and oxygen atoms in total. The van der Waals surface area contributed by atoms with Gasteiger partial charge in [-0.1, -0.05) is 6.92 Å². The quantitative estimate of drug-likeness (QED) is 0.796. The third kappa shape index (κ3) is 3.45. The van der Waals surface area contributed by atoms with Crippen LogP contribution in [0.2, 0.25) is 0 Å². The van der Waals surface area contributed by atoms with E-state index in [0.717, 1.165) is 0 Å². The lowest BCUT2D eigenvalue weighted by atomic mass is 10.1. The third-order valence-electron chi connectivity index (χ3n) is 2.10. The van der Waals surface area contributed by atoms with E-state index >= 15 is 0 Å². The number of aryl methyl sites for hydroxylation is 1. The zero-order valence-electron chi connectivity index (χ0n) is 9.20. The predicted molar refractivity (Wildman–Crippen MR) is 56.6 cm³/mol. The summed E-state index contributed by atoms with van der Waals surface area (Å²) in [6, 6.07) is 0. The Morgan fingerprint density at radius 1 is 1.62 bits per heavy atom. The first-order valence-electron chi connectivity index (χ1n) is 4.93. The molecule has 0 aliphatic rings. The van der Waals surface area contributed by atoms with E-state index in [-0.39, 0.29) is 23.9 Å². The van der Waals surface area contributed by atoms with Crippen molar-refractivity contribution in [3.8, 4) is 0 Å². The maximum absolute atomic E-state index is 13.4. The van der Waals surface area contributed by atoms with Crippen LogP contribution in [0.15, 0.2) is 6.33 Å². The Morgan fingerprint density at radius 3 is 2.94 bits per heavy atom. The summed E-state index contributed by atoms with van der Waals surface area (Å²) in [5.41, 5.74) is 0.267. The van der Waals surface area contributed by atoms with E-state index in [9.17, 15) is 9.18 Å². The molecule has 1 rings (SSSR count). The Labute approximate surface area is 92.7 Å². The van der Waals surface area contributed by atoms with E-state index in [1.54, 1.807) is 13.8 Å². The molecule has 2 N–H and O–H groups in total. The molecule has 0 saturated heterocycles. The summed E-state index contributed by atoms with van der Waals surface area (Å²) in [4.78, 5) is 17.9. The van der Waals surface area contributed by atoms with E-state index in [4.69, 9.17) is 5.11 Å². The summed E-state index contributed by atoms with van der Waals surface area (Å²) in [5.74, 6) is -1.34. The summed E-state index contributed by atoms with van der Waals surface area (Å²) in [7, 11) is 0. The highest BCUT2D eigenvalue weighted by atomic mass is 19.1. The largest absolute Gasteiger partial charge is 0.481 e. The first-order valence-corrected chi connectivity index (χ1v) is 4.93. The van der Waals surface area contributed by atoms with Crippen molar-refractivity contribution < 1.29 is 14.3 Å². The SMILES string of the molecule is Cc1ncnc(NCC(C)CC(=O)O)c1F. The average molecular weight is 227 g/mol. The monoisotopic (exact) mass is 227 g/mol. The zero-order valence-corrected chi connectivity index (χ0v) is 9.20. The van der Waals surface area contributed by atoms with Crippen LogP contribution < -0.4 is 5.32 Å². The number of nitrogens with zero attached hydrogens (tertiary/aromatic N) is 2. The number of aromatic nitrogens is 2. The van der Waals surface area contributed by atoms with Crippen molar-refractivity contribution in [1.29, 1.82) is 0 Å². The number of anilines is 1. The van der Waals surface area contributed by atoms with Gasteiger partial charge in [0, 0.05) is 13.0 Å². The van der Waals surface area contributed by atoms with Crippen LogP contribution in [0.25, 0.3) is 0 Å². The lowest BCUT2D eigenvalue weighted by molar-refractivity contribution is -0.137. The smallest absolute Gasteiger partial charge is 0.303 e. The summed E-state index contributed by atoms with van der Waals surface area (Å²) in [6.45, 7) is 3.68. The number of carboxylic acid groups (broad SMARTS) is 1. The minimum absolute atomic E-state index is 0.0404. The Kier molecular flexibility index (Phi) is 4.16. The van der Waals surface area contributed by atoms with Crippen LogP contribution in [0.3, 0.4) is 0 Å². The van der Waals surface area contributed by atoms with Crippen LogP contribution in [0.4, 0.5) is 10.2 Å². The molecule has 0 amide bonds. The number of hydrogen-bond donors (Lipinski definition) is 2. The molecule has 1 atom stereocenters. The minimum atomic E-state index is -0.867. The molecule has 88 valence electrons. The molecule has 1 unspecified atom stereocenters. The molecule has 0 spiro atoms. The molecule has 0 bridgehead atoms. The highest BCUT2D eigenvalue weighted by Crippen LogP contribution is 2.12. The van der Waals surface area contributed by atoms with Crippen LogP contribution in [0, 0.1) is 18.7 Å². The highest BCUT2D eigenvalue weighted by Gasteiger charge is 2.10. The van der Waals surface area contributed by atoms with Gasteiger partial charge in [-0.05, 0) is 12.8 Å². The molecular weight excluding hydrogens is 213 g/mol. The third-order valence-corrected chi connectivity index (χ3v) is 2.10. The molecule has 0 fully saturated rings. The molecule has 16 heavy (non-hydrogen) atoms. The Morgan fingerprint density at radius 2 is 2.31 bits per heavy atom. The molecule has 1 heterocycles. The number of hydrogen-bond acceptors (Lipinski definition) is 4. The number of aliphatic carboxylic acids is 1. The highest BCUT2D eigenvalue weighted by molar-refractivity contribution is 5.67. The number of rotatable bonds is 5. The van der Waals surface area contributed by atoms with Gasteiger partial charge < -0.3 is 10.4 Å². The zero-order chi connectivity index (χ0) is 12.1. The minimum Gasteiger partial charge on any atom is -0.481 e. The molecule has 6 heteroatoms. The lowest BCUT2D eigenvalue weighted by Gasteiger charge is -2.11. The molecule has 0 aromatic carbocycles. The second-order valence-corrected chi connectivity index (χ2v) is 3.71. The average Bonchev–Trinajstić information content (AvgIpc) is 2.19. The first kappa shape index (κ1) is 12.4. The van der Waals surface area contributed by atoms with Crippen molar-refractivity contribution in [1.82, 2.24) is 9.97 Å². The van der Waals surface area contributed by atoms with Crippen LogP contribution in [-0.2, 0) is 4.79 Å². The number of carboxylic acids is 1. The van der Waals surface area contributed by atoms with Gasteiger partial charge in [-0.25, -0.2) is 14.4 Å². The Bertz CT molecular complexity index is 384. The van der Waals surface area contributed by atoms with E-state index < -0.39 is 11.8 Å². The molecule has 0 radical (unpaired) electrons. The van der Waals surface area contributed by atoms with Crippen molar-refractivity contribution in [2.75, 3.05) is 11.9 Å². The van der Waals surface area contributed by atoms with E-state index in [1.807, 2.05) is 0 Å². The van der Waals surface area contributed by atoms with Gasteiger partial charge in [0.2, 0.25) is 0 Å². The topological polar surface area (TPSA) is 75.1 Å². The van der Waals surface area contributed by atoms with Crippen molar-refractivity contribution in [3.05, 3.63) is 17.8 Å². The first-order chi connectivity index (χ1) is 7.50. The van der Waals surface area contributed by atoms with Gasteiger partial charge in [0.25, 0.3) is 0 Å². The molecule has 0 aliphatic carbocycles. The molecule has 1 aromatic heterocycles. The lowest BCUT2D eigenvalue weighted by Crippen LogP contribution is -2.16. The maximum atomic E-state index is 13.4. The van der Waals surface area contributed by atoms with E-state index in [2.05, 4.69) is 15.3 Å². The second kappa shape index (κ2) is 5.39. The molecule has 0 aliphatic heterocycles. The van der Waals surface area contributed by atoms with Crippen molar-refractivity contribution in [3.63, 3.8) is 0 Å². The van der Waals surface area contributed by atoms with Gasteiger partial charge in [-0.3, -0.25) is 4.79 Å². The van der Waals surface area contributed by atoms with Gasteiger partial charge in [0.15, 0.2) is 11.6 Å². The van der Waals surface area contributed by atoms with Gasteiger partial charge in [0.05, 0.1) is 5.69 Å². The fourth-order valence-corrected chi connectivity index (χ4v) is 1.22. The van der Waals surface area contributed by atoms with Crippen LogP contribution >= 0.6 is 0 Å². The predicted octanol–water partition coefficient (Wildman–Crippen LogP) is 1.45. The summed E-state index contributed by atoms with van der Waals surface area (Å²) >= 11 is 0. The van der Waals surface area contributed by atoms with Gasteiger partial charge in [-0.2, -0.15) is 0 Å². The Balaban J connectivity index is 2.54. The molecule has 1 aromatic rings. The van der Waals surface area contributed by atoms with E-state index in [1.165, 1.54) is 6.33 Å². The molecule has 0 saturated carbocycles. The maximum Gasteiger partial charge on any atom is 0.303 e. The van der Waals surface area contributed by atoms with Gasteiger partial charge in [-0.15, -0.1) is 0 Å². The number of nitrogens with one attached hydrogen (secondary N) is 1. The van der Waals surface area contributed by atoms with E-state index in [0.29, 0.717) is 6.54 Å². The number of halogens is 1. The standard InChI is InChI=1S/C10H14FN3O2/c1-6(3-8(15)16)4-12-10-9(11)7(2)13-5-14-10/h5-6H,3-4H2,1-2H3,(H,15,16)(H,12,13,14). The van der Waals surface area contributed by atoms with Crippen LogP contribution in [-0.4, -0.2) is 27.6 Å². The van der Waals surface area contributed by atoms with Gasteiger partial charge in [0.1, 0.15) is 6.33 Å². The fourth-order valence-electron chi connectivity index (χ4n) is 1.22. The normalized spacial score (nSPS) is 12.2.